The molecule has 0 aromatic heterocycles. The molecule has 1 aliphatic rings. The fourth-order valence-corrected chi connectivity index (χ4v) is 3.45. The van der Waals surface area contributed by atoms with Crippen LogP contribution in [0.1, 0.15) is 52.5 Å². The number of sulfonamides is 1. The number of unbranched alkanes of at least 4 members (excludes halogenated alkanes) is 2. The van der Waals surface area contributed by atoms with E-state index in [4.69, 9.17) is 0 Å². The van der Waals surface area contributed by atoms with Gasteiger partial charge in [-0.1, -0.05) is 46.6 Å². The number of anilines is 1. The highest BCUT2D eigenvalue weighted by molar-refractivity contribution is 7.90. The first-order chi connectivity index (χ1) is 10.2. The Bertz CT molecular complexity index is 673. The first-order valence-corrected chi connectivity index (χ1v) is 9.21. The first-order valence-electron chi connectivity index (χ1n) is 7.73. The van der Waals surface area contributed by atoms with Crippen LogP contribution in [0.2, 0.25) is 0 Å². The number of fused-ring (bicyclic) bond motifs is 1. The maximum Gasteiger partial charge on any atom is 0.266 e. The molecule has 2 N–H and O–H groups in total. The highest BCUT2D eigenvalue weighted by Gasteiger charge is 2.28. The number of hydrogen-bond acceptors (Lipinski definition) is 3. The maximum atomic E-state index is 12.4. The minimum absolute atomic E-state index is 0.0981. The van der Waals surface area contributed by atoms with Crippen LogP contribution < -0.4 is 10.0 Å². The van der Waals surface area contributed by atoms with Crippen molar-refractivity contribution in [2.75, 3.05) is 11.9 Å². The van der Waals surface area contributed by atoms with Gasteiger partial charge in [-0.3, -0.25) is 4.99 Å². The van der Waals surface area contributed by atoms with Crippen LogP contribution in [0.25, 0.3) is 0 Å². The van der Waals surface area contributed by atoms with Crippen LogP contribution in [-0.4, -0.2) is 20.9 Å². The van der Waals surface area contributed by atoms with Crippen molar-refractivity contribution < 1.29 is 8.42 Å². The van der Waals surface area contributed by atoms with E-state index >= 15 is 0 Å². The number of aliphatic imine (C=N–C) groups is 1. The molecule has 0 saturated heterocycles. The number of nitrogens with zero attached hydrogens (tertiary/aromatic N) is 1. The monoisotopic (exact) mass is 323 g/mol. The Morgan fingerprint density at radius 3 is 2.55 bits per heavy atom. The Morgan fingerprint density at radius 1 is 1.18 bits per heavy atom. The first kappa shape index (κ1) is 16.8. The van der Waals surface area contributed by atoms with E-state index in [1.165, 1.54) is 0 Å². The van der Waals surface area contributed by atoms with Crippen molar-refractivity contribution in [1.82, 2.24) is 4.72 Å². The normalized spacial score (nSPS) is 18.5. The number of guanidine groups is 1. The molecule has 6 heteroatoms. The summed E-state index contributed by atoms with van der Waals surface area (Å²) in [6.45, 7) is 8.93. The molecule has 1 aromatic carbocycles. The molecule has 0 atom stereocenters. The molecule has 0 unspecified atom stereocenters. The molecule has 0 spiro atoms. The largest absolute Gasteiger partial charge is 0.324 e. The second kappa shape index (κ2) is 6.28. The summed E-state index contributed by atoms with van der Waals surface area (Å²) in [5.41, 5.74) is 1.47. The quantitative estimate of drug-likeness (QED) is 0.836. The number of benzene rings is 1. The lowest BCUT2D eigenvalue weighted by atomic mass is 9.87. The van der Waals surface area contributed by atoms with Crippen LogP contribution in [0, 0.1) is 0 Å². The van der Waals surface area contributed by atoms with E-state index in [0.717, 1.165) is 24.8 Å². The van der Waals surface area contributed by atoms with Crippen molar-refractivity contribution in [3.05, 3.63) is 23.8 Å². The van der Waals surface area contributed by atoms with Gasteiger partial charge in [0.1, 0.15) is 4.90 Å². The van der Waals surface area contributed by atoms with Crippen molar-refractivity contribution in [2.45, 2.75) is 57.3 Å². The van der Waals surface area contributed by atoms with E-state index in [1.807, 2.05) is 12.1 Å². The molecule has 0 radical (unpaired) electrons. The Balaban J connectivity index is 2.29. The van der Waals surface area contributed by atoms with Gasteiger partial charge in [0, 0.05) is 6.54 Å². The van der Waals surface area contributed by atoms with Gasteiger partial charge >= 0.3 is 0 Å². The second-order valence-corrected chi connectivity index (χ2v) is 8.28. The highest BCUT2D eigenvalue weighted by Crippen LogP contribution is 2.31. The van der Waals surface area contributed by atoms with Crippen molar-refractivity contribution in [3.63, 3.8) is 0 Å². The third-order valence-corrected chi connectivity index (χ3v) is 5.03. The zero-order chi connectivity index (χ0) is 16.4. The van der Waals surface area contributed by atoms with E-state index in [1.54, 1.807) is 6.07 Å². The van der Waals surface area contributed by atoms with Crippen LogP contribution in [0.3, 0.4) is 0 Å². The van der Waals surface area contributed by atoms with Crippen LogP contribution in [0.15, 0.2) is 28.1 Å². The Labute approximate surface area is 133 Å². The molecule has 0 bridgehead atoms. The Morgan fingerprint density at radius 2 is 1.91 bits per heavy atom. The van der Waals surface area contributed by atoms with Gasteiger partial charge in [0.05, 0.1) is 5.69 Å². The van der Waals surface area contributed by atoms with Crippen LogP contribution >= 0.6 is 0 Å². The molecule has 0 fully saturated rings. The van der Waals surface area contributed by atoms with Crippen LogP contribution in [-0.2, 0) is 15.4 Å². The summed E-state index contributed by atoms with van der Waals surface area (Å²) in [6.07, 6.45) is 3.16. The topological polar surface area (TPSA) is 70.6 Å². The minimum Gasteiger partial charge on any atom is -0.324 e. The van der Waals surface area contributed by atoms with E-state index in [2.05, 4.69) is 42.7 Å². The van der Waals surface area contributed by atoms with Crippen molar-refractivity contribution in [2.24, 2.45) is 4.99 Å². The van der Waals surface area contributed by atoms with Gasteiger partial charge in [-0.15, -0.1) is 0 Å². The van der Waals surface area contributed by atoms with E-state index < -0.39 is 10.0 Å². The predicted molar refractivity (Wildman–Crippen MR) is 90.9 cm³/mol. The van der Waals surface area contributed by atoms with Gasteiger partial charge in [0.25, 0.3) is 10.0 Å². The average Bonchev–Trinajstić information content (AvgIpc) is 2.41. The van der Waals surface area contributed by atoms with Crippen LogP contribution in [0.4, 0.5) is 5.69 Å². The lowest BCUT2D eigenvalue weighted by molar-refractivity contribution is 0.582. The molecule has 5 nitrogen and oxygen atoms in total. The SMILES string of the molecule is CCCCCN=C1Nc2ccc(C(C)(C)C)cc2S(=O)(=O)N1. The maximum absolute atomic E-state index is 12.4. The van der Waals surface area contributed by atoms with Crippen LogP contribution in [0.5, 0.6) is 0 Å². The molecule has 2 rings (SSSR count). The zero-order valence-electron chi connectivity index (χ0n) is 13.7. The van der Waals surface area contributed by atoms with E-state index in [-0.39, 0.29) is 10.3 Å². The van der Waals surface area contributed by atoms with Gasteiger partial charge in [0.15, 0.2) is 0 Å². The lowest BCUT2D eigenvalue weighted by Crippen LogP contribution is -2.41. The van der Waals surface area contributed by atoms with Crippen molar-refractivity contribution >= 4 is 21.7 Å². The van der Waals surface area contributed by atoms with E-state index in [9.17, 15) is 8.42 Å². The zero-order valence-corrected chi connectivity index (χ0v) is 14.5. The average molecular weight is 323 g/mol. The third-order valence-electron chi connectivity index (χ3n) is 3.65. The molecule has 0 amide bonds. The molecule has 0 saturated carbocycles. The molecule has 22 heavy (non-hydrogen) atoms. The van der Waals surface area contributed by atoms with Gasteiger partial charge in [-0.25, -0.2) is 13.1 Å². The molecule has 1 heterocycles. The molecule has 122 valence electrons. The summed E-state index contributed by atoms with van der Waals surface area (Å²) in [5.74, 6) is 0.312. The second-order valence-electron chi connectivity index (χ2n) is 6.63. The molecule has 1 aromatic rings. The molecular weight excluding hydrogens is 298 g/mol. The summed E-state index contributed by atoms with van der Waals surface area (Å²) in [6, 6.07) is 5.51. The third kappa shape index (κ3) is 3.80. The summed E-state index contributed by atoms with van der Waals surface area (Å²) < 4.78 is 27.4. The highest BCUT2D eigenvalue weighted by atomic mass is 32.2. The van der Waals surface area contributed by atoms with Crippen molar-refractivity contribution in [3.8, 4) is 0 Å². The lowest BCUT2D eigenvalue weighted by Gasteiger charge is -2.25. The molecule has 0 aliphatic carbocycles. The minimum atomic E-state index is -3.56. The standard InChI is InChI=1S/C16H25N3O2S/c1-5-6-7-10-17-15-18-13-9-8-12(16(2,3)4)11-14(13)22(20,21)19-15/h8-9,11H,5-7,10H2,1-4H3,(H2,17,18,19). The molecular formula is C16H25N3O2S. The summed E-state index contributed by atoms with van der Waals surface area (Å²) in [7, 11) is -3.56. The summed E-state index contributed by atoms with van der Waals surface area (Å²) in [5, 5.41) is 3.07. The van der Waals surface area contributed by atoms with Gasteiger partial charge in [-0.2, -0.15) is 0 Å². The number of rotatable bonds is 4. The van der Waals surface area contributed by atoms with Gasteiger partial charge in [-0.05, 0) is 29.5 Å². The summed E-state index contributed by atoms with van der Waals surface area (Å²) in [4.78, 5) is 4.59. The number of nitrogens with one attached hydrogen (secondary N) is 2. The Hall–Kier alpha value is -1.56. The van der Waals surface area contributed by atoms with Gasteiger partial charge in [0.2, 0.25) is 5.96 Å². The van der Waals surface area contributed by atoms with Gasteiger partial charge < -0.3 is 5.32 Å². The Kier molecular flexibility index (Phi) is 4.80. The fraction of sp³-hybridized carbons (Fsp3) is 0.562. The fourth-order valence-electron chi connectivity index (χ4n) is 2.27. The molecule has 1 aliphatic heterocycles. The van der Waals surface area contributed by atoms with E-state index in [0.29, 0.717) is 18.2 Å². The summed E-state index contributed by atoms with van der Waals surface area (Å²) >= 11 is 0. The van der Waals surface area contributed by atoms with Crippen molar-refractivity contribution in [1.29, 1.82) is 0 Å². The predicted octanol–water partition coefficient (Wildman–Crippen LogP) is 3.23. The number of hydrogen-bond donors (Lipinski definition) is 2. The smallest absolute Gasteiger partial charge is 0.266 e.